The smallest absolute Gasteiger partial charge is 0.323 e. The Morgan fingerprint density at radius 1 is 1.16 bits per heavy atom. The number of nitrogens with one attached hydrogen (secondary N) is 2. The van der Waals surface area contributed by atoms with Gasteiger partial charge >= 0.3 is 6.18 Å². The quantitative estimate of drug-likeness (QED) is 0.784. The van der Waals surface area contributed by atoms with Crippen LogP contribution >= 0.6 is 0 Å². The lowest BCUT2D eigenvalue weighted by Crippen LogP contribution is -2.14. The van der Waals surface area contributed by atoms with Gasteiger partial charge in [-0.1, -0.05) is 6.58 Å². The van der Waals surface area contributed by atoms with Crippen molar-refractivity contribution in [2.45, 2.75) is 19.1 Å². The Hall–Kier alpha value is -3.10. The van der Waals surface area contributed by atoms with E-state index in [0.29, 0.717) is 11.3 Å². The van der Waals surface area contributed by atoms with E-state index in [1.165, 1.54) is 36.5 Å². The maximum absolute atomic E-state index is 12.2. The molecular formula is C16H15F3N4O2. The van der Waals surface area contributed by atoms with Crippen molar-refractivity contribution in [1.29, 1.82) is 0 Å². The minimum Gasteiger partial charge on any atom is -0.323 e. The molecule has 1 heterocycles. The number of carbonyl (C=O) groups excluding carboxylic acids is 2. The number of hydrogen-bond donors (Lipinski definition) is 2. The molecule has 0 aliphatic rings. The fourth-order valence-corrected chi connectivity index (χ4v) is 1.88. The highest BCUT2D eigenvalue weighted by Crippen LogP contribution is 2.20. The summed E-state index contributed by atoms with van der Waals surface area (Å²) in [6, 6.07) is 7.48. The van der Waals surface area contributed by atoms with E-state index in [-0.39, 0.29) is 18.3 Å². The van der Waals surface area contributed by atoms with Crippen LogP contribution < -0.4 is 10.6 Å². The van der Waals surface area contributed by atoms with Crippen LogP contribution in [-0.2, 0) is 11.3 Å². The molecule has 132 valence electrons. The number of anilines is 2. The van der Waals surface area contributed by atoms with Crippen molar-refractivity contribution in [1.82, 2.24) is 9.78 Å². The number of halogens is 3. The first-order chi connectivity index (χ1) is 11.8. The number of nitrogens with zero attached hydrogens (tertiary/aromatic N) is 2. The van der Waals surface area contributed by atoms with E-state index in [9.17, 15) is 22.8 Å². The number of benzene rings is 1. The largest absolute Gasteiger partial charge is 0.390 e. The van der Waals surface area contributed by atoms with Crippen molar-refractivity contribution in [3.8, 4) is 0 Å². The van der Waals surface area contributed by atoms with Gasteiger partial charge in [-0.15, -0.1) is 0 Å². The summed E-state index contributed by atoms with van der Waals surface area (Å²) in [5.74, 6) is -0.694. The van der Waals surface area contributed by atoms with E-state index < -0.39 is 18.5 Å². The molecule has 25 heavy (non-hydrogen) atoms. The van der Waals surface area contributed by atoms with E-state index in [0.717, 1.165) is 10.8 Å². The summed E-state index contributed by atoms with van der Waals surface area (Å²) in [5.41, 5.74) is 0.805. The minimum absolute atomic E-state index is 0.149. The Balaban J connectivity index is 1.94. The van der Waals surface area contributed by atoms with Gasteiger partial charge < -0.3 is 10.6 Å². The van der Waals surface area contributed by atoms with E-state index in [1.807, 2.05) is 0 Å². The summed E-state index contributed by atoms with van der Waals surface area (Å²) in [7, 11) is 0. The summed E-state index contributed by atoms with van der Waals surface area (Å²) < 4.78 is 37.6. The van der Waals surface area contributed by atoms with Gasteiger partial charge in [0.25, 0.3) is 5.91 Å². The molecule has 6 nitrogen and oxygen atoms in total. The van der Waals surface area contributed by atoms with Crippen LogP contribution in [0.4, 0.5) is 24.7 Å². The molecule has 0 aliphatic carbocycles. The van der Waals surface area contributed by atoms with Crippen LogP contribution in [0.2, 0.25) is 0 Å². The van der Waals surface area contributed by atoms with Crippen molar-refractivity contribution in [2.24, 2.45) is 0 Å². The first kappa shape index (κ1) is 18.2. The number of rotatable bonds is 6. The van der Waals surface area contributed by atoms with Crippen LogP contribution in [-0.4, -0.2) is 27.8 Å². The molecule has 0 unspecified atom stereocenters. The number of aryl methyl sites for hydroxylation is 1. The second-order valence-electron chi connectivity index (χ2n) is 5.05. The Labute approximate surface area is 141 Å². The van der Waals surface area contributed by atoms with Crippen LogP contribution in [0.3, 0.4) is 0 Å². The third kappa shape index (κ3) is 5.79. The van der Waals surface area contributed by atoms with E-state index in [2.05, 4.69) is 22.3 Å². The zero-order valence-electron chi connectivity index (χ0n) is 13.0. The van der Waals surface area contributed by atoms with Crippen molar-refractivity contribution in [3.05, 3.63) is 54.7 Å². The lowest BCUT2D eigenvalue weighted by molar-refractivity contribution is -0.137. The molecule has 0 fully saturated rings. The first-order valence-electron chi connectivity index (χ1n) is 7.22. The number of hydrogen-bond acceptors (Lipinski definition) is 3. The number of alkyl halides is 3. The fraction of sp³-hybridized carbons (Fsp3) is 0.188. The van der Waals surface area contributed by atoms with E-state index in [1.54, 1.807) is 0 Å². The molecule has 0 spiro atoms. The lowest BCUT2D eigenvalue weighted by Gasteiger charge is -2.06. The van der Waals surface area contributed by atoms with Gasteiger partial charge in [0.15, 0.2) is 5.82 Å². The van der Waals surface area contributed by atoms with Gasteiger partial charge in [0.2, 0.25) is 5.91 Å². The van der Waals surface area contributed by atoms with Crippen LogP contribution in [0.5, 0.6) is 0 Å². The van der Waals surface area contributed by atoms with Gasteiger partial charge in [-0.2, -0.15) is 18.3 Å². The zero-order chi connectivity index (χ0) is 18.4. The molecule has 0 bridgehead atoms. The van der Waals surface area contributed by atoms with Crippen LogP contribution in [0.25, 0.3) is 0 Å². The van der Waals surface area contributed by atoms with Gasteiger partial charge in [-0.05, 0) is 30.3 Å². The molecular weight excluding hydrogens is 337 g/mol. The van der Waals surface area contributed by atoms with Gasteiger partial charge in [-0.25, -0.2) is 0 Å². The third-order valence-electron chi connectivity index (χ3n) is 3.11. The summed E-state index contributed by atoms with van der Waals surface area (Å²) >= 11 is 0. The van der Waals surface area contributed by atoms with Crippen LogP contribution in [0.15, 0.2) is 49.2 Å². The summed E-state index contributed by atoms with van der Waals surface area (Å²) in [4.78, 5) is 23.3. The maximum Gasteiger partial charge on any atom is 0.390 e. The van der Waals surface area contributed by atoms with Crippen molar-refractivity contribution < 1.29 is 22.8 Å². The van der Waals surface area contributed by atoms with Crippen molar-refractivity contribution in [2.75, 3.05) is 10.6 Å². The lowest BCUT2D eigenvalue weighted by atomic mass is 10.2. The minimum atomic E-state index is -4.27. The Bertz CT molecular complexity index is 766. The summed E-state index contributed by atoms with van der Waals surface area (Å²) in [6.07, 6.45) is -2.79. The molecule has 2 amide bonds. The maximum atomic E-state index is 12.2. The van der Waals surface area contributed by atoms with E-state index in [4.69, 9.17) is 0 Å². The number of aromatic nitrogens is 2. The second-order valence-corrected chi connectivity index (χ2v) is 5.05. The standard InChI is InChI=1S/C16H15F3N4O2/c1-2-14(24)20-12-5-3-11(4-6-12)15(25)21-13-7-9-23(22-13)10-8-16(17,18)19/h2-7,9H,1,8,10H2,(H,20,24)(H,21,22,25). The average Bonchev–Trinajstić information content (AvgIpc) is 3.00. The van der Waals surface area contributed by atoms with Gasteiger partial charge in [-0.3, -0.25) is 14.3 Å². The SMILES string of the molecule is C=CC(=O)Nc1ccc(C(=O)Nc2ccn(CCC(F)(F)F)n2)cc1. The van der Waals surface area contributed by atoms with Crippen molar-refractivity contribution in [3.63, 3.8) is 0 Å². The molecule has 0 aliphatic heterocycles. The van der Waals surface area contributed by atoms with Crippen LogP contribution in [0, 0.1) is 0 Å². The molecule has 0 saturated carbocycles. The van der Waals surface area contributed by atoms with Gasteiger partial charge in [0, 0.05) is 30.1 Å². The van der Waals surface area contributed by atoms with Crippen molar-refractivity contribution >= 4 is 23.3 Å². The first-order valence-corrected chi connectivity index (χ1v) is 7.22. The predicted molar refractivity (Wildman–Crippen MR) is 86.1 cm³/mol. The molecule has 9 heteroatoms. The molecule has 0 atom stereocenters. The molecule has 1 aromatic carbocycles. The Morgan fingerprint density at radius 3 is 2.44 bits per heavy atom. The monoisotopic (exact) mass is 352 g/mol. The Kier molecular flexibility index (Phi) is 5.58. The number of amides is 2. The highest BCUT2D eigenvalue weighted by molar-refractivity contribution is 6.04. The zero-order valence-corrected chi connectivity index (χ0v) is 13.0. The average molecular weight is 352 g/mol. The van der Waals surface area contributed by atoms with E-state index >= 15 is 0 Å². The fourth-order valence-electron chi connectivity index (χ4n) is 1.88. The highest BCUT2D eigenvalue weighted by atomic mass is 19.4. The summed E-state index contributed by atoms with van der Waals surface area (Å²) in [6.45, 7) is 3.01. The van der Waals surface area contributed by atoms with Gasteiger partial charge in [0.1, 0.15) is 0 Å². The number of carbonyl (C=O) groups is 2. The molecule has 0 saturated heterocycles. The highest BCUT2D eigenvalue weighted by Gasteiger charge is 2.26. The summed E-state index contributed by atoms with van der Waals surface area (Å²) in [5, 5.41) is 8.90. The normalized spacial score (nSPS) is 11.0. The molecule has 1 aromatic heterocycles. The predicted octanol–water partition coefficient (Wildman–Crippen LogP) is 3.21. The third-order valence-corrected chi connectivity index (χ3v) is 3.11. The molecule has 2 aromatic rings. The molecule has 2 N–H and O–H groups in total. The molecule has 2 rings (SSSR count). The Morgan fingerprint density at radius 2 is 1.84 bits per heavy atom. The van der Waals surface area contributed by atoms with Gasteiger partial charge in [0.05, 0.1) is 6.42 Å². The molecule has 0 radical (unpaired) electrons. The topological polar surface area (TPSA) is 76.0 Å². The second kappa shape index (κ2) is 7.65. The van der Waals surface area contributed by atoms with Crippen LogP contribution in [0.1, 0.15) is 16.8 Å².